The number of sulfone groups is 1. The molecule has 31 heavy (non-hydrogen) atoms. The summed E-state index contributed by atoms with van der Waals surface area (Å²) in [4.78, 5) is 28.9. The molecule has 1 saturated heterocycles. The van der Waals surface area contributed by atoms with E-state index in [0.29, 0.717) is 28.5 Å². The Morgan fingerprint density at radius 1 is 1.06 bits per heavy atom. The van der Waals surface area contributed by atoms with Crippen molar-refractivity contribution < 1.29 is 26.4 Å². The van der Waals surface area contributed by atoms with Crippen LogP contribution in [0.1, 0.15) is 35.1 Å². The van der Waals surface area contributed by atoms with Crippen molar-refractivity contribution >= 4 is 48.0 Å². The molecule has 0 unspecified atom stereocenters. The van der Waals surface area contributed by atoms with Crippen molar-refractivity contribution in [2.75, 3.05) is 24.7 Å². The number of hydrogen-bond donors (Lipinski definition) is 1. The SMILES string of the molecule is CC(=O)c1sc(NC(=O)C2CCN(S(=O)(=O)c3ccc(S(C)(=O)=O)cc3)CC2)nc1C. The Morgan fingerprint density at radius 2 is 1.61 bits per heavy atom. The minimum atomic E-state index is -3.79. The Hall–Kier alpha value is -2.15. The molecular weight excluding hydrogens is 462 g/mol. The molecule has 1 N–H and O–H groups in total. The molecule has 1 amide bonds. The summed E-state index contributed by atoms with van der Waals surface area (Å²) in [5.41, 5.74) is 0.565. The van der Waals surface area contributed by atoms with Crippen LogP contribution in [0, 0.1) is 12.8 Å². The number of benzene rings is 1. The van der Waals surface area contributed by atoms with Crippen molar-refractivity contribution in [1.29, 1.82) is 0 Å². The molecule has 1 aliphatic rings. The molecule has 2 heterocycles. The number of amides is 1. The van der Waals surface area contributed by atoms with Gasteiger partial charge in [0, 0.05) is 32.2 Å². The molecule has 9 nitrogen and oxygen atoms in total. The van der Waals surface area contributed by atoms with E-state index in [1.807, 2.05) is 0 Å². The van der Waals surface area contributed by atoms with Gasteiger partial charge in [-0.15, -0.1) is 0 Å². The zero-order chi connectivity index (χ0) is 23.0. The maximum Gasteiger partial charge on any atom is 0.243 e. The first-order chi connectivity index (χ1) is 14.4. The van der Waals surface area contributed by atoms with Crippen molar-refractivity contribution in [3.63, 3.8) is 0 Å². The smallest absolute Gasteiger partial charge is 0.243 e. The van der Waals surface area contributed by atoms with E-state index in [1.54, 1.807) is 6.92 Å². The molecule has 12 heteroatoms. The summed E-state index contributed by atoms with van der Waals surface area (Å²) in [5.74, 6) is -0.735. The van der Waals surface area contributed by atoms with E-state index in [4.69, 9.17) is 0 Å². The predicted octanol–water partition coefficient (Wildman–Crippen LogP) is 2.10. The summed E-state index contributed by atoms with van der Waals surface area (Å²) < 4.78 is 50.1. The lowest BCUT2D eigenvalue weighted by Gasteiger charge is -2.30. The highest BCUT2D eigenvalue weighted by Gasteiger charge is 2.32. The maximum absolute atomic E-state index is 12.9. The van der Waals surface area contributed by atoms with Crippen LogP contribution in [0.5, 0.6) is 0 Å². The molecular formula is C19H23N3O6S3. The zero-order valence-corrected chi connectivity index (χ0v) is 19.7. The highest BCUT2D eigenvalue weighted by atomic mass is 32.2. The third-order valence-electron chi connectivity index (χ3n) is 5.06. The first-order valence-electron chi connectivity index (χ1n) is 9.49. The summed E-state index contributed by atoms with van der Waals surface area (Å²) in [7, 11) is -7.20. The number of sulfonamides is 1. The Bertz CT molecular complexity index is 1210. The molecule has 1 fully saturated rings. The lowest BCUT2D eigenvalue weighted by molar-refractivity contribution is -0.120. The van der Waals surface area contributed by atoms with Crippen LogP contribution in [0.15, 0.2) is 34.1 Å². The maximum atomic E-state index is 12.9. The second-order valence-corrected chi connectivity index (χ2v) is 12.4. The molecule has 1 aromatic carbocycles. The fourth-order valence-electron chi connectivity index (χ4n) is 3.35. The molecule has 1 aromatic heterocycles. The van der Waals surface area contributed by atoms with Crippen molar-refractivity contribution in [1.82, 2.24) is 9.29 Å². The first-order valence-corrected chi connectivity index (χ1v) is 13.6. The van der Waals surface area contributed by atoms with Gasteiger partial charge in [-0.1, -0.05) is 11.3 Å². The van der Waals surface area contributed by atoms with Crippen LogP contribution >= 0.6 is 11.3 Å². The van der Waals surface area contributed by atoms with Gasteiger partial charge in [0.25, 0.3) is 0 Å². The first kappa shape index (κ1) is 23.5. The summed E-state index contributed by atoms with van der Waals surface area (Å²) in [6.07, 6.45) is 1.74. The van der Waals surface area contributed by atoms with Gasteiger partial charge in [0.2, 0.25) is 15.9 Å². The van der Waals surface area contributed by atoms with Crippen molar-refractivity contribution in [3.05, 3.63) is 34.8 Å². The van der Waals surface area contributed by atoms with E-state index in [2.05, 4.69) is 10.3 Å². The van der Waals surface area contributed by atoms with Crippen LogP contribution in [0.3, 0.4) is 0 Å². The fraction of sp³-hybridized carbons (Fsp3) is 0.421. The lowest BCUT2D eigenvalue weighted by Crippen LogP contribution is -2.41. The summed E-state index contributed by atoms with van der Waals surface area (Å²) in [5, 5.41) is 3.08. The Labute approximate surface area is 185 Å². The van der Waals surface area contributed by atoms with Gasteiger partial charge < -0.3 is 5.32 Å². The second kappa shape index (κ2) is 8.77. The van der Waals surface area contributed by atoms with Crippen LogP contribution in [0.25, 0.3) is 0 Å². The van der Waals surface area contributed by atoms with Crippen molar-refractivity contribution in [3.8, 4) is 0 Å². The van der Waals surface area contributed by atoms with Crippen LogP contribution in [0.2, 0.25) is 0 Å². The topological polar surface area (TPSA) is 131 Å². The number of thiazole rings is 1. The number of aromatic nitrogens is 1. The number of carbonyl (C=O) groups is 2. The number of rotatable bonds is 6. The van der Waals surface area contributed by atoms with Crippen LogP contribution in [-0.4, -0.2) is 57.2 Å². The molecule has 0 aliphatic carbocycles. The molecule has 0 spiro atoms. The number of nitrogens with one attached hydrogen (secondary N) is 1. The summed E-state index contributed by atoms with van der Waals surface area (Å²) in [6.45, 7) is 3.49. The Morgan fingerprint density at radius 3 is 2.10 bits per heavy atom. The van der Waals surface area contributed by atoms with E-state index in [-0.39, 0.29) is 40.5 Å². The second-order valence-electron chi connectivity index (χ2n) is 7.40. The molecule has 168 valence electrons. The van der Waals surface area contributed by atoms with Crippen molar-refractivity contribution in [2.45, 2.75) is 36.5 Å². The molecule has 1 aliphatic heterocycles. The lowest BCUT2D eigenvalue weighted by atomic mass is 9.97. The summed E-state index contributed by atoms with van der Waals surface area (Å²) >= 11 is 1.12. The van der Waals surface area contributed by atoms with E-state index in [9.17, 15) is 26.4 Å². The molecule has 0 radical (unpaired) electrons. The number of nitrogens with zero attached hydrogens (tertiary/aromatic N) is 2. The zero-order valence-electron chi connectivity index (χ0n) is 17.3. The van der Waals surface area contributed by atoms with Gasteiger partial charge in [-0.05, 0) is 44.0 Å². The third kappa shape index (κ3) is 5.20. The third-order valence-corrected chi connectivity index (χ3v) is 9.28. The number of carbonyl (C=O) groups excluding carboxylic acids is 2. The van der Waals surface area contributed by atoms with E-state index in [1.165, 1.54) is 35.5 Å². The highest BCUT2D eigenvalue weighted by Crippen LogP contribution is 2.27. The number of anilines is 1. The molecule has 3 rings (SSSR count). The fourth-order valence-corrected chi connectivity index (χ4v) is 6.31. The molecule has 0 saturated carbocycles. The summed E-state index contributed by atoms with van der Waals surface area (Å²) in [6, 6.07) is 5.10. The Balaban J connectivity index is 1.63. The van der Waals surface area contributed by atoms with Crippen LogP contribution in [0.4, 0.5) is 5.13 Å². The van der Waals surface area contributed by atoms with E-state index < -0.39 is 19.9 Å². The highest BCUT2D eigenvalue weighted by molar-refractivity contribution is 7.90. The van der Waals surface area contributed by atoms with Gasteiger partial charge in [-0.25, -0.2) is 21.8 Å². The molecule has 0 bridgehead atoms. The minimum Gasteiger partial charge on any atom is -0.302 e. The van der Waals surface area contributed by atoms with Gasteiger partial charge in [0.05, 0.1) is 20.4 Å². The van der Waals surface area contributed by atoms with Crippen LogP contribution in [-0.2, 0) is 24.7 Å². The average molecular weight is 486 g/mol. The van der Waals surface area contributed by atoms with Crippen LogP contribution < -0.4 is 5.32 Å². The number of hydrogen-bond acceptors (Lipinski definition) is 8. The number of aryl methyl sites for hydroxylation is 1. The predicted molar refractivity (Wildman–Crippen MR) is 117 cm³/mol. The number of Topliss-reactive ketones (excluding diaryl/α,β-unsaturated/α-hetero) is 1. The minimum absolute atomic E-state index is 0.0119. The largest absolute Gasteiger partial charge is 0.302 e. The van der Waals surface area contributed by atoms with Gasteiger partial charge in [0.15, 0.2) is 20.8 Å². The quantitative estimate of drug-likeness (QED) is 0.620. The van der Waals surface area contributed by atoms with E-state index >= 15 is 0 Å². The van der Waals surface area contributed by atoms with Gasteiger partial charge in [0.1, 0.15) is 0 Å². The normalized spacial score (nSPS) is 16.2. The average Bonchev–Trinajstić information content (AvgIpc) is 3.08. The van der Waals surface area contributed by atoms with Gasteiger partial charge in [-0.2, -0.15) is 4.31 Å². The monoisotopic (exact) mass is 485 g/mol. The number of ketones is 1. The van der Waals surface area contributed by atoms with Crippen molar-refractivity contribution in [2.24, 2.45) is 5.92 Å². The molecule has 0 atom stereocenters. The molecule has 2 aromatic rings. The van der Waals surface area contributed by atoms with Gasteiger partial charge in [-0.3, -0.25) is 9.59 Å². The number of piperidine rings is 1. The van der Waals surface area contributed by atoms with E-state index in [0.717, 1.165) is 17.6 Å². The Kier molecular flexibility index (Phi) is 6.65. The standard InChI is InChI=1S/C19H23N3O6S3/c1-12-17(13(2)23)29-19(20-12)21-18(24)14-8-10-22(11-9-14)31(27,28)16-6-4-15(5-7-16)30(3,25)26/h4-7,14H,8-11H2,1-3H3,(H,20,21,24). The van der Waals surface area contributed by atoms with Gasteiger partial charge >= 0.3 is 0 Å².